The van der Waals surface area contributed by atoms with Crippen LogP contribution in [0.1, 0.15) is 38.8 Å². The maximum atomic E-state index is 12.5. The lowest BCUT2D eigenvalue weighted by Gasteiger charge is -2.20. The van der Waals surface area contributed by atoms with Crippen LogP contribution < -0.4 is 14.2 Å². The summed E-state index contributed by atoms with van der Waals surface area (Å²) in [5, 5.41) is 19.7. The molecule has 0 aromatic heterocycles. The third-order valence-electron chi connectivity index (χ3n) is 5.17. The zero-order chi connectivity index (χ0) is 31.4. The van der Waals surface area contributed by atoms with Crippen molar-refractivity contribution in [2.75, 3.05) is 0 Å². The highest BCUT2D eigenvalue weighted by Crippen LogP contribution is 2.44. The molecule has 0 amide bonds. The van der Waals surface area contributed by atoms with E-state index in [-0.39, 0.29) is 35.1 Å². The summed E-state index contributed by atoms with van der Waals surface area (Å²) in [6.45, 7) is 12.1. The summed E-state index contributed by atoms with van der Waals surface area (Å²) in [5.41, 5.74) is -0.389. The minimum Gasteiger partial charge on any atom is -0.454 e. The van der Waals surface area contributed by atoms with Gasteiger partial charge in [-0.1, -0.05) is 25.3 Å². The van der Waals surface area contributed by atoms with E-state index in [0.29, 0.717) is 0 Å². The van der Waals surface area contributed by atoms with Crippen molar-refractivity contribution < 1.29 is 60.0 Å². The van der Waals surface area contributed by atoms with E-state index in [0.717, 1.165) is 12.1 Å². The fourth-order valence-corrected chi connectivity index (χ4v) is 5.02. The van der Waals surface area contributed by atoms with Crippen molar-refractivity contribution in [3.8, 4) is 23.0 Å². The molecule has 0 bridgehead atoms. The Kier molecular flexibility index (Phi) is 10.6. The van der Waals surface area contributed by atoms with Gasteiger partial charge in [0.1, 0.15) is 0 Å². The van der Waals surface area contributed by atoms with Gasteiger partial charge in [0.05, 0.1) is 12.2 Å². The summed E-state index contributed by atoms with van der Waals surface area (Å²) in [6, 6.07) is 4.34. The molecule has 2 unspecified atom stereocenters. The summed E-state index contributed by atoms with van der Waals surface area (Å²) in [4.78, 5) is 22.4. The summed E-state index contributed by atoms with van der Waals surface area (Å²) in [7, 11) is -10.6. The van der Waals surface area contributed by atoms with Crippen molar-refractivity contribution >= 4 is 32.2 Å². The van der Waals surface area contributed by atoms with Gasteiger partial charge in [0.15, 0.2) is 32.8 Å². The minimum atomic E-state index is -5.28. The Balaban J connectivity index is 2.95. The molecular formula is C26H30O13S2. The van der Waals surface area contributed by atoms with Crippen LogP contribution >= 0.6 is 0 Å². The molecule has 0 aliphatic rings. The first-order valence-corrected chi connectivity index (χ1v) is 14.7. The number of rotatable bonds is 12. The quantitative estimate of drug-likeness (QED) is 0.117. The Morgan fingerprint density at radius 1 is 0.732 bits per heavy atom. The fourth-order valence-electron chi connectivity index (χ4n) is 3.48. The second-order valence-electron chi connectivity index (χ2n) is 9.26. The Labute approximate surface area is 237 Å². The third-order valence-corrected chi connectivity index (χ3v) is 6.97. The van der Waals surface area contributed by atoms with E-state index in [9.17, 15) is 45.7 Å². The van der Waals surface area contributed by atoms with Crippen molar-refractivity contribution in [1.29, 1.82) is 0 Å². The highest BCUT2D eigenvalue weighted by molar-refractivity contribution is 7.86. The predicted octanol–water partition coefficient (Wildman–Crippen LogP) is 2.78. The van der Waals surface area contributed by atoms with Gasteiger partial charge in [-0.05, 0) is 51.0 Å². The average molecular weight is 615 g/mol. The topological polar surface area (TPSA) is 211 Å². The molecule has 4 N–H and O–H groups in total. The molecule has 0 aliphatic carbocycles. The number of carbonyl (C=O) groups is 2. The van der Waals surface area contributed by atoms with Crippen LogP contribution in [0.15, 0.2) is 58.4 Å². The van der Waals surface area contributed by atoms with E-state index in [1.54, 1.807) is 0 Å². The Hall–Kier alpha value is -3.60. The smallest absolute Gasteiger partial charge is 0.338 e. The van der Waals surface area contributed by atoms with Crippen LogP contribution in [-0.4, -0.2) is 60.3 Å². The van der Waals surface area contributed by atoms with Crippen molar-refractivity contribution in [3.63, 3.8) is 0 Å². The number of hydrogen-bond donors (Lipinski definition) is 4. The lowest BCUT2D eigenvalue weighted by Crippen LogP contribution is -2.17. The van der Waals surface area contributed by atoms with E-state index in [1.807, 2.05) is 0 Å². The molecule has 13 nitrogen and oxygen atoms in total. The molecule has 0 aliphatic heterocycles. The van der Waals surface area contributed by atoms with E-state index in [4.69, 9.17) is 14.2 Å². The van der Waals surface area contributed by atoms with Gasteiger partial charge in [-0.15, -0.1) is 0 Å². The third kappa shape index (κ3) is 8.69. The van der Waals surface area contributed by atoms with Crippen LogP contribution in [0.5, 0.6) is 23.0 Å². The fraction of sp³-hybridized carbons (Fsp3) is 0.308. The first kappa shape index (κ1) is 33.6. The van der Waals surface area contributed by atoms with Gasteiger partial charge >= 0.3 is 32.2 Å². The standard InChI is InChI=1S/C26H30O13S2/c1-13(2)25(29)38-21-17(11-15(5)27)7-9-19(23(21)40(31,32)33)37-20-10-8-18(12-16(6)28)22(24(20)41(34,35)36)39-26(30)14(3)4/h7-10,15-16,27-28H,1,3,11-12H2,2,4-6H3,(H,31,32,33)(H,34,35,36). The molecule has 0 spiro atoms. The highest BCUT2D eigenvalue weighted by Gasteiger charge is 2.32. The van der Waals surface area contributed by atoms with Crippen molar-refractivity contribution in [3.05, 3.63) is 59.7 Å². The second-order valence-corrected chi connectivity index (χ2v) is 12.0. The number of aliphatic hydroxyl groups is 2. The molecule has 2 aromatic rings. The maximum Gasteiger partial charge on any atom is 0.338 e. The van der Waals surface area contributed by atoms with Gasteiger partial charge < -0.3 is 24.4 Å². The molecule has 0 radical (unpaired) electrons. The summed E-state index contributed by atoms with van der Waals surface area (Å²) < 4.78 is 86.1. The molecule has 0 heterocycles. The van der Waals surface area contributed by atoms with E-state index < -0.39 is 77.2 Å². The molecule has 2 aromatic carbocycles. The predicted molar refractivity (Wildman–Crippen MR) is 144 cm³/mol. The zero-order valence-corrected chi connectivity index (χ0v) is 24.2. The number of benzene rings is 2. The van der Waals surface area contributed by atoms with Crippen molar-refractivity contribution in [2.45, 2.75) is 62.5 Å². The van der Waals surface area contributed by atoms with Crippen LogP contribution in [0.4, 0.5) is 0 Å². The number of ether oxygens (including phenoxy) is 3. The van der Waals surface area contributed by atoms with Gasteiger partial charge in [-0.2, -0.15) is 16.8 Å². The van der Waals surface area contributed by atoms with E-state index in [1.165, 1.54) is 39.8 Å². The van der Waals surface area contributed by atoms with Crippen LogP contribution in [0.2, 0.25) is 0 Å². The van der Waals surface area contributed by atoms with Crippen LogP contribution in [0.25, 0.3) is 0 Å². The molecular weight excluding hydrogens is 584 g/mol. The second kappa shape index (κ2) is 12.9. The highest BCUT2D eigenvalue weighted by atomic mass is 32.2. The Morgan fingerprint density at radius 3 is 1.29 bits per heavy atom. The molecule has 224 valence electrons. The van der Waals surface area contributed by atoms with E-state index >= 15 is 0 Å². The number of aliphatic hydroxyl groups excluding tert-OH is 2. The van der Waals surface area contributed by atoms with Crippen molar-refractivity contribution in [1.82, 2.24) is 0 Å². The summed E-state index contributed by atoms with van der Waals surface area (Å²) in [6.07, 6.45) is -2.60. The van der Waals surface area contributed by atoms with Crippen LogP contribution in [0.3, 0.4) is 0 Å². The normalized spacial score (nSPS) is 13.2. The SMILES string of the molecule is C=C(C)C(=O)Oc1c(CC(C)O)ccc(Oc2ccc(CC(C)O)c(OC(=O)C(=C)C)c2S(=O)(=O)O)c1S(=O)(=O)O. The number of esters is 2. The molecule has 15 heteroatoms. The molecule has 2 atom stereocenters. The van der Waals surface area contributed by atoms with Gasteiger partial charge in [0.25, 0.3) is 0 Å². The molecule has 41 heavy (non-hydrogen) atoms. The van der Waals surface area contributed by atoms with Gasteiger partial charge in [0, 0.05) is 24.0 Å². The lowest BCUT2D eigenvalue weighted by molar-refractivity contribution is -0.131. The lowest BCUT2D eigenvalue weighted by atomic mass is 10.1. The molecule has 0 saturated carbocycles. The zero-order valence-electron chi connectivity index (χ0n) is 22.6. The Morgan fingerprint density at radius 2 is 1.05 bits per heavy atom. The van der Waals surface area contributed by atoms with Gasteiger partial charge in [-0.3, -0.25) is 9.11 Å². The molecule has 2 rings (SSSR count). The first-order valence-electron chi connectivity index (χ1n) is 11.8. The largest absolute Gasteiger partial charge is 0.454 e. The monoisotopic (exact) mass is 614 g/mol. The number of hydrogen-bond acceptors (Lipinski definition) is 11. The first-order chi connectivity index (χ1) is 18.7. The van der Waals surface area contributed by atoms with Crippen molar-refractivity contribution in [2.24, 2.45) is 0 Å². The van der Waals surface area contributed by atoms with Gasteiger partial charge in [-0.25, -0.2) is 9.59 Å². The maximum absolute atomic E-state index is 12.5. The van der Waals surface area contributed by atoms with Crippen LogP contribution in [0, 0.1) is 0 Å². The van der Waals surface area contributed by atoms with Crippen LogP contribution in [-0.2, 0) is 42.7 Å². The Bertz CT molecular complexity index is 1480. The van der Waals surface area contributed by atoms with E-state index in [2.05, 4.69) is 13.2 Å². The minimum absolute atomic E-state index is 0.0482. The molecule has 0 fully saturated rings. The summed E-state index contributed by atoms with van der Waals surface area (Å²) >= 11 is 0. The van der Waals surface area contributed by atoms with Gasteiger partial charge in [0.2, 0.25) is 0 Å². The summed E-state index contributed by atoms with van der Waals surface area (Å²) in [5.74, 6) is -5.17. The number of carbonyl (C=O) groups excluding carboxylic acids is 2. The average Bonchev–Trinajstić information content (AvgIpc) is 2.79. The molecule has 0 saturated heterocycles.